The zero-order valence-corrected chi connectivity index (χ0v) is 18.3. The highest BCUT2D eigenvalue weighted by Gasteiger charge is 2.51. The molecule has 4 aliphatic carbocycles. The molecule has 31 heavy (non-hydrogen) atoms. The van der Waals surface area contributed by atoms with Gasteiger partial charge in [0.05, 0.1) is 7.11 Å². The number of esters is 1. The van der Waals surface area contributed by atoms with Crippen molar-refractivity contribution >= 4 is 23.5 Å². The van der Waals surface area contributed by atoms with Gasteiger partial charge in [-0.1, -0.05) is 0 Å². The Morgan fingerprint density at radius 1 is 1.03 bits per heavy atom. The number of nitrogens with one attached hydrogen (secondary N) is 2. The van der Waals surface area contributed by atoms with E-state index >= 15 is 0 Å². The third-order valence-electron chi connectivity index (χ3n) is 7.17. The van der Waals surface area contributed by atoms with E-state index in [0.717, 1.165) is 37.0 Å². The van der Waals surface area contributed by atoms with Gasteiger partial charge in [0, 0.05) is 12.1 Å². The van der Waals surface area contributed by atoms with Gasteiger partial charge in [0.15, 0.2) is 6.10 Å². The monoisotopic (exact) mass is 428 g/mol. The molecule has 1 aromatic carbocycles. The van der Waals surface area contributed by atoms with E-state index in [1.54, 1.807) is 31.4 Å². The lowest BCUT2D eigenvalue weighted by molar-refractivity contribution is -0.153. The lowest BCUT2D eigenvalue weighted by Crippen LogP contribution is -2.48. The number of methoxy groups -OCH3 is 1. The second kappa shape index (κ2) is 8.89. The van der Waals surface area contributed by atoms with Crippen molar-refractivity contribution in [3.63, 3.8) is 0 Å². The summed E-state index contributed by atoms with van der Waals surface area (Å²) in [5.74, 6) is 1.91. The summed E-state index contributed by atoms with van der Waals surface area (Å²) in [7, 11) is 1.57. The van der Waals surface area contributed by atoms with E-state index in [0.29, 0.717) is 17.9 Å². The highest BCUT2D eigenvalue weighted by Crippen LogP contribution is 2.61. The smallest absolute Gasteiger partial charge is 0.326 e. The SMILES string of the molecule is COc1ccc(NC(=O)[C@@H](C)OC(=O)CNC(=O)CC23CC4CC(CC(C4)C2)C3)cc1. The van der Waals surface area contributed by atoms with Crippen LogP contribution < -0.4 is 15.4 Å². The molecule has 1 aromatic rings. The molecule has 0 heterocycles. The van der Waals surface area contributed by atoms with E-state index in [1.165, 1.54) is 26.2 Å². The van der Waals surface area contributed by atoms with E-state index in [1.807, 2.05) is 0 Å². The zero-order valence-electron chi connectivity index (χ0n) is 18.3. The Hall–Kier alpha value is -2.57. The number of hydrogen-bond acceptors (Lipinski definition) is 5. The van der Waals surface area contributed by atoms with Crippen LogP contribution in [0.3, 0.4) is 0 Å². The number of amides is 2. The summed E-state index contributed by atoms with van der Waals surface area (Å²) in [6, 6.07) is 6.86. The van der Waals surface area contributed by atoms with Crippen LogP contribution in [0.4, 0.5) is 5.69 Å². The molecule has 0 saturated heterocycles. The summed E-state index contributed by atoms with van der Waals surface area (Å²) in [5, 5.41) is 5.39. The van der Waals surface area contributed by atoms with Crippen molar-refractivity contribution in [3.05, 3.63) is 24.3 Å². The minimum Gasteiger partial charge on any atom is -0.497 e. The second-order valence-electron chi connectivity index (χ2n) is 9.72. The Balaban J connectivity index is 1.19. The Morgan fingerprint density at radius 3 is 2.16 bits per heavy atom. The second-order valence-corrected chi connectivity index (χ2v) is 9.72. The Kier molecular flexibility index (Phi) is 6.21. The fraction of sp³-hybridized carbons (Fsp3) is 0.625. The van der Waals surface area contributed by atoms with Gasteiger partial charge in [0.1, 0.15) is 12.3 Å². The lowest BCUT2D eigenvalue weighted by atomic mass is 9.49. The van der Waals surface area contributed by atoms with Crippen LogP contribution >= 0.6 is 0 Å². The maximum atomic E-state index is 12.5. The maximum Gasteiger partial charge on any atom is 0.326 e. The van der Waals surface area contributed by atoms with Gasteiger partial charge in [0.2, 0.25) is 5.91 Å². The van der Waals surface area contributed by atoms with Crippen LogP contribution in [0, 0.1) is 23.2 Å². The molecule has 1 atom stereocenters. The number of benzene rings is 1. The van der Waals surface area contributed by atoms with Gasteiger partial charge in [-0.25, -0.2) is 0 Å². The first kappa shape index (κ1) is 21.7. The number of carbonyl (C=O) groups excluding carboxylic acids is 3. The third kappa shape index (κ3) is 5.20. The molecule has 4 fully saturated rings. The first-order chi connectivity index (χ1) is 14.8. The molecule has 0 unspecified atom stereocenters. The van der Waals surface area contributed by atoms with Crippen molar-refractivity contribution in [2.75, 3.05) is 19.0 Å². The van der Waals surface area contributed by atoms with Crippen molar-refractivity contribution < 1.29 is 23.9 Å². The topological polar surface area (TPSA) is 93.7 Å². The molecule has 0 radical (unpaired) electrons. The minimum atomic E-state index is -0.963. The number of carbonyl (C=O) groups is 3. The number of rotatable bonds is 8. The average Bonchev–Trinajstić information content (AvgIpc) is 2.71. The molecule has 5 rings (SSSR count). The van der Waals surface area contributed by atoms with Crippen molar-refractivity contribution in [2.45, 2.75) is 58.0 Å². The van der Waals surface area contributed by atoms with Gasteiger partial charge in [-0.2, -0.15) is 0 Å². The van der Waals surface area contributed by atoms with Gasteiger partial charge in [-0.15, -0.1) is 0 Å². The molecular weight excluding hydrogens is 396 g/mol. The average molecular weight is 429 g/mol. The zero-order chi connectivity index (χ0) is 22.0. The van der Waals surface area contributed by atoms with Gasteiger partial charge >= 0.3 is 5.97 Å². The predicted molar refractivity (Wildman–Crippen MR) is 115 cm³/mol. The van der Waals surface area contributed by atoms with Crippen LogP contribution in [0.25, 0.3) is 0 Å². The molecule has 0 aliphatic heterocycles. The molecular formula is C24H32N2O5. The van der Waals surface area contributed by atoms with Crippen molar-refractivity contribution in [2.24, 2.45) is 23.2 Å². The van der Waals surface area contributed by atoms with Gasteiger partial charge in [-0.3, -0.25) is 14.4 Å². The van der Waals surface area contributed by atoms with E-state index < -0.39 is 18.0 Å². The van der Waals surface area contributed by atoms with Gasteiger partial charge in [-0.05, 0) is 92.9 Å². The van der Waals surface area contributed by atoms with Crippen LogP contribution in [-0.2, 0) is 19.1 Å². The molecule has 168 valence electrons. The van der Waals surface area contributed by atoms with Crippen LogP contribution in [0.15, 0.2) is 24.3 Å². The Labute approximate surface area is 183 Å². The van der Waals surface area contributed by atoms with Gasteiger partial charge < -0.3 is 20.1 Å². The van der Waals surface area contributed by atoms with Crippen LogP contribution in [0.1, 0.15) is 51.9 Å². The Morgan fingerprint density at radius 2 is 1.61 bits per heavy atom. The molecule has 2 amide bonds. The fourth-order valence-electron chi connectivity index (χ4n) is 6.29. The minimum absolute atomic E-state index is 0.0887. The standard InChI is InChI=1S/C24H32N2O5/c1-15(23(29)26-19-3-5-20(30-2)6-4-19)31-22(28)14-25-21(27)13-24-10-16-7-17(11-24)9-18(8-16)12-24/h3-6,15-18H,7-14H2,1-2H3,(H,25,27)(H,26,29)/t15-,16?,17?,18?,24?/m1/s1. The number of hydrogen-bond donors (Lipinski definition) is 2. The lowest BCUT2D eigenvalue weighted by Gasteiger charge is -2.56. The molecule has 7 heteroatoms. The van der Waals surface area contributed by atoms with Crippen LogP contribution in [-0.4, -0.2) is 37.5 Å². The fourth-order valence-corrected chi connectivity index (χ4v) is 6.29. The molecule has 4 saturated carbocycles. The third-order valence-corrected chi connectivity index (χ3v) is 7.17. The summed E-state index contributed by atoms with van der Waals surface area (Å²) in [6.45, 7) is 1.29. The van der Waals surface area contributed by atoms with E-state index in [-0.39, 0.29) is 17.9 Å². The normalized spacial score (nSPS) is 29.2. The number of anilines is 1. The van der Waals surface area contributed by atoms with Crippen LogP contribution in [0.2, 0.25) is 0 Å². The molecule has 2 N–H and O–H groups in total. The maximum absolute atomic E-state index is 12.5. The number of ether oxygens (including phenoxy) is 2. The summed E-state index contributed by atoms with van der Waals surface area (Å²) in [6.07, 6.45) is 7.00. The van der Waals surface area contributed by atoms with E-state index in [2.05, 4.69) is 10.6 Å². The molecule has 4 aliphatic rings. The molecule has 0 aromatic heterocycles. The van der Waals surface area contributed by atoms with Crippen molar-refractivity contribution in [3.8, 4) is 5.75 Å². The summed E-state index contributed by atoms with van der Waals surface area (Å²) >= 11 is 0. The van der Waals surface area contributed by atoms with Gasteiger partial charge in [0.25, 0.3) is 5.91 Å². The van der Waals surface area contributed by atoms with Crippen LogP contribution in [0.5, 0.6) is 5.75 Å². The summed E-state index contributed by atoms with van der Waals surface area (Å²) in [5.41, 5.74) is 0.714. The largest absolute Gasteiger partial charge is 0.497 e. The Bertz CT molecular complexity index is 800. The quantitative estimate of drug-likeness (QED) is 0.620. The molecule has 0 spiro atoms. The summed E-state index contributed by atoms with van der Waals surface area (Å²) in [4.78, 5) is 36.9. The summed E-state index contributed by atoms with van der Waals surface area (Å²) < 4.78 is 10.3. The van der Waals surface area contributed by atoms with Crippen molar-refractivity contribution in [1.82, 2.24) is 5.32 Å². The predicted octanol–water partition coefficient (Wildman–Crippen LogP) is 3.29. The van der Waals surface area contributed by atoms with Crippen molar-refractivity contribution in [1.29, 1.82) is 0 Å². The highest BCUT2D eigenvalue weighted by atomic mass is 16.5. The first-order valence-corrected chi connectivity index (χ1v) is 11.3. The van der Waals surface area contributed by atoms with E-state index in [4.69, 9.17) is 9.47 Å². The molecule has 7 nitrogen and oxygen atoms in total. The highest BCUT2D eigenvalue weighted by molar-refractivity contribution is 5.95. The first-order valence-electron chi connectivity index (χ1n) is 11.3. The molecule has 4 bridgehead atoms. The van der Waals surface area contributed by atoms with E-state index in [9.17, 15) is 14.4 Å².